The van der Waals surface area contributed by atoms with Crippen LogP contribution < -0.4 is 14.8 Å². The van der Waals surface area contributed by atoms with Gasteiger partial charge in [-0.05, 0) is 43.0 Å². The van der Waals surface area contributed by atoms with E-state index < -0.39 is 0 Å². The highest BCUT2D eigenvalue weighted by molar-refractivity contribution is 6.36. The van der Waals surface area contributed by atoms with Gasteiger partial charge in [-0.1, -0.05) is 37.6 Å². The van der Waals surface area contributed by atoms with Crippen LogP contribution in [0.25, 0.3) is 5.57 Å². The second kappa shape index (κ2) is 7.86. The minimum atomic E-state index is -0.307. The average molecular weight is 406 g/mol. The molecule has 0 unspecified atom stereocenters. The molecule has 6 nitrogen and oxygen atoms in total. The number of nitrogens with one attached hydrogen (secondary N) is 1. The SMILES string of the molecule is Cc1ccc(C2=C(Nc3ccc4c(c3)OCCO4)C(=O)N(CC(C)C)C2=O)c(C)c1. The molecule has 0 saturated heterocycles. The Morgan fingerprint density at radius 1 is 0.967 bits per heavy atom. The van der Waals surface area contributed by atoms with Crippen molar-refractivity contribution in [1.82, 2.24) is 4.90 Å². The first-order valence-corrected chi connectivity index (χ1v) is 10.2. The number of imide groups is 1. The van der Waals surface area contributed by atoms with Gasteiger partial charge in [-0.25, -0.2) is 0 Å². The Morgan fingerprint density at radius 2 is 1.70 bits per heavy atom. The van der Waals surface area contributed by atoms with E-state index >= 15 is 0 Å². The molecule has 0 spiro atoms. The minimum absolute atomic E-state index is 0.173. The Bertz CT molecular complexity index is 1060. The van der Waals surface area contributed by atoms with Crippen LogP contribution in [0, 0.1) is 19.8 Å². The predicted molar refractivity (Wildman–Crippen MR) is 115 cm³/mol. The number of fused-ring (bicyclic) bond motifs is 1. The molecule has 0 fully saturated rings. The van der Waals surface area contributed by atoms with Gasteiger partial charge < -0.3 is 14.8 Å². The third-order valence-corrected chi connectivity index (χ3v) is 5.18. The summed E-state index contributed by atoms with van der Waals surface area (Å²) in [5.74, 6) is 0.896. The lowest BCUT2D eigenvalue weighted by Crippen LogP contribution is -2.35. The molecule has 2 aliphatic heterocycles. The second-order valence-electron chi connectivity index (χ2n) is 8.17. The van der Waals surface area contributed by atoms with E-state index in [9.17, 15) is 9.59 Å². The lowest BCUT2D eigenvalue weighted by Gasteiger charge is -2.20. The fourth-order valence-corrected chi connectivity index (χ4v) is 3.83. The van der Waals surface area contributed by atoms with Crippen molar-refractivity contribution < 1.29 is 19.1 Å². The molecule has 30 heavy (non-hydrogen) atoms. The maximum Gasteiger partial charge on any atom is 0.278 e. The number of anilines is 1. The lowest BCUT2D eigenvalue weighted by molar-refractivity contribution is -0.137. The summed E-state index contributed by atoms with van der Waals surface area (Å²) in [6.45, 7) is 9.31. The Hall–Kier alpha value is -3.28. The molecule has 2 heterocycles. The van der Waals surface area contributed by atoms with Crippen LogP contribution in [0.15, 0.2) is 42.1 Å². The largest absolute Gasteiger partial charge is 0.486 e. The fourth-order valence-electron chi connectivity index (χ4n) is 3.83. The predicted octanol–water partition coefficient (Wildman–Crippen LogP) is 3.92. The van der Waals surface area contributed by atoms with E-state index in [4.69, 9.17) is 9.47 Å². The monoisotopic (exact) mass is 406 g/mol. The highest BCUT2D eigenvalue weighted by Gasteiger charge is 2.39. The zero-order chi connectivity index (χ0) is 21.4. The van der Waals surface area contributed by atoms with Crippen LogP contribution >= 0.6 is 0 Å². The Kier molecular flexibility index (Phi) is 5.24. The molecule has 0 radical (unpaired) electrons. The van der Waals surface area contributed by atoms with Crippen molar-refractivity contribution in [3.05, 3.63) is 58.8 Å². The zero-order valence-electron chi connectivity index (χ0n) is 17.7. The smallest absolute Gasteiger partial charge is 0.278 e. The first-order valence-electron chi connectivity index (χ1n) is 10.2. The maximum absolute atomic E-state index is 13.3. The van der Waals surface area contributed by atoms with Crippen LogP contribution in [0.5, 0.6) is 11.5 Å². The first kappa shape index (κ1) is 20.0. The molecule has 4 rings (SSSR count). The molecule has 2 amide bonds. The van der Waals surface area contributed by atoms with E-state index in [0.717, 1.165) is 16.7 Å². The van der Waals surface area contributed by atoms with Gasteiger partial charge in [-0.3, -0.25) is 14.5 Å². The molecule has 156 valence electrons. The number of amides is 2. The zero-order valence-corrected chi connectivity index (χ0v) is 17.7. The van der Waals surface area contributed by atoms with Gasteiger partial charge in [0.15, 0.2) is 11.5 Å². The van der Waals surface area contributed by atoms with Gasteiger partial charge in [0.1, 0.15) is 18.9 Å². The molecule has 0 saturated carbocycles. The standard InChI is InChI=1S/C24H26N2O4/c1-14(2)13-26-23(27)21(18-7-5-15(3)11-16(18)4)22(24(26)28)25-17-6-8-19-20(12-17)30-10-9-29-19/h5-8,11-12,14,25H,9-10,13H2,1-4H3. The summed E-state index contributed by atoms with van der Waals surface area (Å²) in [5, 5.41) is 3.20. The van der Waals surface area contributed by atoms with E-state index in [-0.39, 0.29) is 17.7 Å². The second-order valence-corrected chi connectivity index (χ2v) is 8.17. The van der Waals surface area contributed by atoms with Crippen molar-refractivity contribution in [3.63, 3.8) is 0 Å². The van der Waals surface area contributed by atoms with E-state index in [1.807, 2.05) is 52.0 Å². The molecule has 6 heteroatoms. The number of hydrogen-bond donors (Lipinski definition) is 1. The molecular formula is C24H26N2O4. The van der Waals surface area contributed by atoms with Crippen molar-refractivity contribution in [3.8, 4) is 11.5 Å². The van der Waals surface area contributed by atoms with Crippen LogP contribution in [-0.4, -0.2) is 36.5 Å². The number of benzene rings is 2. The number of aryl methyl sites for hydroxylation is 2. The van der Waals surface area contributed by atoms with Crippen LogP contribution in [0.3, 0.4) is 0 Å². The Balaban J connectivity index is 1.77. The van der Waals surface area contributed by atoms with Crippen molar-refractivity contribution >= 4 is 23.1 Å². The molecule has 2 aliphatic rings. The minimum Gasteiger partial charge on any atom is -0.486 e. The highest BCUT2D eigenvalue weighted by Crippen LogP contribution is 2.36. The number of nitrogens with zero attached hydrogens (tertiary/aromatic N) is 1. The van der Waals surface area contributed by atoms with E-state index in [2.05, 4.69) is 5.32 Å². The molecule has 0 atom stereocenters. The number of hydrogen-bond acceptors (Lipinski definition) is 5. The van der Waals surface area contributed by atoms with Crippen LogP contribution in [0.1, 0.15) is 30.5 Å². The molecule has 0 aliphatic carbocycles. The Labute approximate surface area is 176 Å². The van der Waals surface area contributed by atoms with Gasteiger partial charge in [-0.15, -0.1) is 0 Å². The van der Waals surface area contributed by atoms with Gasteiger partial charge >= 0.3 is 0 Å². The third kappa shape index (κ3) is 3.65. The summed E-state index contributed by atoms with van der Waals surface area (Å²) < 4.78 is 11.2. The van der Waals surface area contributed by atoms with Gasteiger partial charge in [0.2, 0.25) is 0 Å². The summed E-state index contributed by atoms with van der Waals surface area (Å²) in [4.78, 5) is 27.9. The van der Waals surface area contributed by atoms with Crippen molar-refractivity contribution in [2.24, 2.45) is 5.92 Å². The van der Waals surface area contributed by atoms with Crippen LogP contribution in [0.2, 0.25) is 0 Å². The topological polar surface area (TPSA) is 67.9 Å². The van der Waals surface area contributed by atoms with Crippen molar-refractivity contribution in [1.29, 1.82) is 0 Å². The van der Waals surface area contributed by atoms with Gasteiger partial charge in [-0.2, -0.15) is 0 Å². The molecular weight excluding hydrogens is 380 g/mol. The number of carbonyl (C=O) groups is 2. The summed E-state index contributed by atoms with van der Waals surface area (Å²) in [6.07, 6.45) is 0. The summed E-state index contributed by atoms with van der Waals surface area (Å²) in [5.41, 5.74) is 4.21. The normalized spacial score (nSPS) is 16.0. The number of ether oxygens (including phenoxy) is 2. The van der Waals surface area contributed by atoms with Crippen LogP contribution in [0.4, 0.5) is 5.69 Å². The highest BCUT2D eigenvalue weighted by atomic mass is 16.6. The van der Waals surface area contributed by atoms with Gasteiger partial charge in [0, 0.05) is 18.3 Å². The molecule has 0 aromatic heterocycles. The maximum atomic E-state index is 13.3. The third-order valence-electron chi connectivity index (χ3n) is 5.18. The summed E-state index contributed by atoms with van der Waals surface area (Å²) >= 11 is 0. The van der Waals surface area contributed by atoms with E-state index in [1.165, 1.54) is 4.90 Å². The molecule has 2 aromatic rings. The molecule has 2 aromatic carbocycles. The quantitative estimate of drug-likeness (QED) is 0.763. The fraction of sp³-hybridized carbons (Fsp3) is 0.333. The molecule has 1 N–H and O–H groups in total. The average Bonchev–Trinajstić information content (AvgIpc) is 2.92. The Morgan fingerprint density at radius 3 is 2.40 bits per heavy atom. The number of carbonyl (C=O) groups excluding carboxylic acids is 2. The van der Waals surface area contributed by atoms with Crippen LogP contribution in [-0.2, 0) is 9.59 Å². The van der Waals surface area contributed by atoms with Crippen molar-refractivity contribution in [2.45, 2.75) is 27.7 Å². The van der Waals surface area contributed by atoms with Crippen molar-refractivity contribution in [2.75, 3.05) is 25.1 Å². The van der Waals surface area contributed by atoms with E-state index in [0.29, 0.717) is 48.2 Å². The first-order chi connectivity index (χ1) is 14.3. The molecule has 0 bridgehead atoms. The summed E-state index contributed by atoms with van der Waals surface area (Å²) in [6, 6.07) is 11.3. The van der Waals surface area contributed by atoms with Gasteiger partial charge in [0.25, 0.3) is 11.8 Å². The number of rotatable bonds is 5. The van der Waals surface area contributed by atoms with Gasteiger partial charge in [0.05, 0.1) is 5.57 Å². The lowest BCUT2D eigenvalue weighted by atomic mass is 9.97. The summed E-state index contributed by atoms with van der Waals surface area (Å²) in [7, 11) is 0. The van der Waals surface area contributed by atoms with E-state index in [1.54, 1.807) is 12.1 Å².